The molecule has 1 aromatic carbocycles. The van der Waals surface area contributed by atoms with Crippen molar-refractivity contribution in [3.8, 4) is 5.75 Å². The van der Waals surface area contributed by atoms with Crippen LogP contribution < -0.4 is 15.4 Å². The molecule has 0 saturated heterocycles. The van der Waals surface area contributed by atoms with Gasteiger partial charge in [-0.05, 0) is 45.0 Å². The molecule has 0 aliphatic rings. The van der Waals surface area contributed by atoms with Gasteiger partial charge >= 0.3 is 0 Å². The van der Waals surface area contributed by atoms with Gasteiger partial charge in [-0.3, -0.25) is 9.59 Å². The second kappa shape index (κ2) is 7.99. The zero-order valence-corrected chi connectivity index (χ0v) is 12.0. The van der Waals surface area contributed by atoms with Crippen molar-refractivity contribution in [2.24, 2.45) is 0 Å². The Kier molecular flexibility index (Phi) is 6.29. The van der Waals surface area contributed by atoms with E-state index < -0.39 is 0 Å². The maximum absolute atomic E-state index is 11.5. The Morgan fingerprint density at radius 3 is 2.40 bits per heavy atom. The molecule has 5 heteroatoms. The van der Waals surface area contributed by atoms with Gasteiger partial charge in [0.1, 0.15) is 5.75 Å². The Labute approximate surface area is 119 Å². The summed E-state index contributed by atoms with van der Waals surface area (Å²) in [6.07, 6.45) is 1.53. The van der Waals surface area contributed by atoms with Crippen LogP contribution in [0.25, 0.3) is 0 Å². The van der Waals surface area contributed by atoms with Crippen LogP contribution in [0.5, 0.6) is 5.75 Å². The highest BCUT2D eigenvalue weighted by Crippen LogP contribution is 2.15. The molecule has 2 N–H and O–H groups in total. The summed E-state index contributed by atoms with van der Waals surface area (Å²) in [5.74, 6) is 0.255. The van der Waals surface area contributed by atoms with Crippen LogP contribution in [0.1, 0.15) is 20.8 Å². The largest absolute Gasteiger partial charge is 0.484 e. The van der Waals surface area contributed by atoms with Gasteiger partial charge in [-0.2, -0.15) is 0 Å². The van der Waals surface area contributed by atoms with Crippen molar-refractivity contribution in [1.29, 1.82) is 0 Å². The van der Waals surface area contributed by atoms with E-state index in [4.69, 9.17) is 4.74 Å². The fourth-order valence-electron chi connectivity index (χ4n) is 1.47. The molecule has 0 radical (unpaired) electrons. The van der Waals surface area contributed by atoms with Crippen LogP contribution in [0, 0.1) is 0 Å². The minimum Gasteiger partial charge on any atom is -0.484 e. The summed E-state index contributed by atoms with van der Waals surface area (Å²) >= 11 is 0. The van der Waals surface area contributed by atoms with Gasteiger partial charge in [0.15, 0.2) is 6.61 Å². The number of ether oxygens (including phenoxy) is 1. The Bertz CT molecular complexity index is 488. The van der Waals surface area contributed by atoms with Gasteiger partial charge in [0, 0.05) is 18.3 Å². The van der Waals surface area contributed by atoms with E-state index >= 15 is 0 Å². The molecule has 5 nitrogen and oxygen atoms in total. The number of carbonyl (C=O) groups excluding carboxylic acids is 2. The predicted molar refractivity (Wildman–Crippen MR) is 78.7 cm³/mol. The molecule has 0 aliphatic heterocycles. The molecule has 108 valence electrons. The first-order chi connectivity index (χ1) is 9.51. The number of hydrogen-bond donors (Lipinski definition) is 2. The number of nitrogens with one attached hydrogen (secondary N) is 2. The van der Waals surface area contributed by atoms with Crippen molar-refractivity contribution < 1.29 is 14.3 Å². The molecule has 1 rings (SSSR count). The highest BCUT2D eigenvalue weighted by atomic mass is 16.5. The number of anilines is 1. The predicted octanol–water partition coefficient (Wildman–Crippen LogP) is 2.11. The van der Waals surface area contributed by atoms with E-state index in [1.165, 1.54) is 6.08 Å². The Morgan fingerprint density at radius 1 is 1.20 bits per heavy atom. The summed E-state index contributed by atoms with van der Waals surface area (Å²) in [5, 5.41) is 5.38. The molecule has 0 saturated carbocycles. The summed E-state index contributed by atoms with van der Waals surface area (Å²) in [6.45, 7) is 6.13. The van der Waals surface area contributed by atoms with Gasteiger partial charge in [0.05, 0.1) is 0 Å². The SMILES string of the molecule is CCNC(=O)COc1ccc(NC(=O)C=C(C)C)cc1. The lowest BCUT2D eigenvalue weighted by molar-refractivity contribution is -0.123. The monoisotopic (exact) mass is 276 g/mol. The summed E-state index contributed by atoms with van der Waals surface area (Å²) in [4.78, 5) is 22.8. The van der Waals surface area contributed by atoms with Crippen LogP contribution in [0.4, 0.5) is 5.69 Å². The van der Waals surface area contributed by atoms with E-state index in [-0.39, 0.29) is 18.4 Å². The number of amides is 2. The van der Waals surface area contributed by atoms with Crippen LogP contribution in [0.15, 0.2) is 35.9 Å². The molecular formula is C15H20N2O3. The summed E-state index contributed by atoms with van der Waals surface area (Å²) in [7, 11) is 0. The van der Waals surface area contributed by atoms with Crippen molar-refractivity contribution in [3.63, 3.8) is 0 Å². The minimum atomic E-state index is -0.166. The van der Waals surface area contributed by atoms with Crippen LogP contribution in [-0.2, 0) is 9.59 Å². The van der Waals surface area contributed by atoms with Gasteiger partial charge in [0.25, 0.3) is 5.91 Å². The molecule has 0 fully saturated rings. The number of benzene rings is 1. The lowest BCUT2D eigenvalue weighted by Gasteiger charge is -2.07. The zero-order chi connectivity index (χ0) is 15.0. The fraction of sp³-hybridized carbons (Fsp3) is 0.333. The third-order valence-electron chi connectivity index (χ3n) is 2.29. The molecule has 1 aromatic rings. The quantitative estimate of drug-likeness (QED) is 0.782. The van der Waals surface area contributed by atoms with E-state index in [9.17, 15) is 9.59 Å². The van der Waals surface area contributed by atoms with Crippen molar-refractivity contribution in [1.82, 2.24) is 5.32 Å². The summed E-state index contributed by atoms with van der Waals surface area (Å²) in [5.41, 5.74) is 1.61. The first-order valence-electron chi connectivity index (χ1n) is 6.46. The number of hydrogen-bond acceptors (Lipinski definition) is 3. The molecular weight excluding hydrogens is 256 g/mol. The lowest BCUT2D eigenvalue weighted by Crippen LogP contribution is -2.28. The number of carbonyl (C=O) groups is 2. The number of likely N-dealkylation sites (N-methyl/N-ethyl adjacent to an activating group) is 1. The molecule has 0 spiro atoms. The maximum Gasteiger partial charge on any atom is 0.257 e. The third-order valence-corrected chi connectivity index (χ3v) is 2.29. The molecule has 0 heterocycles. The van der Waals surface area contributed by atoms with E-state index in [0.29, 0.717) is 18.0 Å². The lowest BCUT2D eigenvalue weighted by atomic mass is 10.3. The van der Waals surface area contributed by atoms with Crippen LogP contribution in [-0.4, -0.2) is 25.0 Å². The molecule has 0 aromatic heterocycles. The third kappa shape index (κ3) is 6.04. The minimum absolute atomic E-state index is 0.0166. The molecule has 0 aliphatic carbocycles. The van der Waals surface area contributed by atoms with Crippen molar-refractivity contribution in [2.45, 2.75) is 20.8 Å². The van der Waals surface area contributed by atoms with E-state index in [2.05, 4.69) is 10.6 Å². The van der Waals surface area contributed by atoms with Gasteiger partial charge in [-0.25, -0.2) is 0 Å². The van der Waals surface area contributed by atoms with Gasteiger partial charge in [0.2, 0.25) is 5.91 Å². The van der Waals surface area contributed by atoms with Gasteiger partial charge < -0.3 is 15.4 Å². The van der Waals surface area contributed by atoms with Crippen molar-refractivity contribution in [2.75, 3.05) is 18.5 Å². The fourth-order valence-corrected chi connectivity index (χ4v) is 1.47. The Morgan fingerprint density at radius 2 is 1.85 bits per heavy atom. The van der Waals surface area contributed by atoms with Crippen LogP contribution in [0.2, 0.25) is 0 Å². The van der Waals surface area contributed by atoms with Crippen molar-refractivity contribution >= 4 is 17.5 Å². The maximum atomic E-state index is 11.5. The number of allylic oxidation sites excluding steroid dienone is 1. The smallest absolute Gasteiger partial charge is 0.257 e. The first kappa shape index (κ1) is 15.8. The van der Waals surface area contributed by atoms with Gasteiger partial charge in [-0.15, -0.1) is 0 Å². The Balaban J connectivity index is 2.50. The summed E-state index contributed by atoms with van der Waals surface area (Å²) < 4.78 is 5.31. The highest BCUT2D eigenvalue weighted by Gasteiger charge is 2.02. The average Bonchev–Trinajstić information content (AvgIpc) is 2.37. The average molecular weight is 276 g/mol. The first-order valence-corrected chi connectivity index (χ1v) is 6.46. The van der Waals surface area contributed by atoms with E-state index in [0.717, 1.165) is 5.57 Å². The second-order valence-electron chi connectivity index (χ2n) is 4.48. The Hall–Kier alpha value is -2.30. The second-order valence-corrected chi connectivity index (χ2v) is 4.48. The molecule has 0 unspecified atom stereocenters. The van der Waals surface area contributed by atoms with Crippen molar-refractivity contribution in [3.05, 3.63) is 35.9 Å². The van der Waals surface area contributed by atoms with E-state index in [1.54, 1.807) is 24.3 Å². The van der Waals surface area contributed by atoms with Crippen LogP contribution in [0.3, 0.4) is 0 Å². The topological polar surface area (TPSA) is 67.4 Å². The standard InChI is InChI=1S/C15H20N2O3/c1-4-16-15(19)10-20-13-7-5-12(6-8-13)17-14(18)9-11(2)3/h5-9H,4,10H2,1-3H3,(H,16,19)(H,17,18). The zero-order valence-electron chi connectivity index (χ0n) is 12.0. The van der Waals surface area contributed by atoms with Crippen LogP contribution >= 0.6 is 0 Å². The van der Waals surface area contributed by atoms with E-state index in [1.807, 2.05) is 20.8 Å². The highest BCUT2D eigenvalue weighted by molar-refractivity contribution is 5.99. The normalized spacial score (nSPS) is 9.55. The molecule has 20 heavy (non-hydrogen) atoms. The molecule has 2 amide bonds. The summed E-state index contributed by atoms with van der Waals surface area (Å²) in [6, 6.07) is 6.86. The number of rotatable bonds is 6. The van der Waals surface area contributed by atoms with Gasteiger partial charge in [-0.1, -0.05) is 5.57 Å². The molecule has 0 bridgehead atoms. The molecule has 0 atom stereocenters.